The Labute approximate surface area is 200 Å². The van der Waals surface area contributed by atoms with Gasteiger partial charge in [-0.3, -0.25) is 14.1 Å². The number of anilines is 4. The Morgan fingerprint density at radius 2 is 1.78 bits per heavy atom. The Bertz CT molecular complexity index is 1540. The van der Waals surface area contributed by atoms with Gasteiger partial charge in [0, 0.05) is 29.2 Å². The molecule has 0 saturated carbocycles. The van der Waals surface area contributed by atoms with E-state index in [1.165, 1.54) is 19.4 Å². The Morgan fingerprint density at radius 3 is 2.42 bits per heavy atom. The molecule has 0 spiro atoms. The lowest BCUT2D eigenvalue weighted by Crippen LogP contribution is -2.07. The number of oxazole rings is 1. The number of fused-ring (bicyclic) bond motifs is 1. The molecular formula is C20H18F3N5O7S. The van der Waals surface area contributed by atoms with Crippen molar-refractivity contribution in [2.24, 2.45) is 0 Å². The van der Waals surface area contributed by atoms with Crippen LogP contribution in [0.4, 0.5) is 36.3 Å². The quantitative estimate of drug-likeness (QED) is 0.235. The summed E-state index contributed by atoms with van der Waals surface area (Å²) in [6.07, 6.45) is -3.00. The molecule has 0 aliphatic carbocycles. The van der Waals surface area contributed by atoms with Crippen molar-refractivity contribution in [1.29, 1.82) is 0 Å². The second-order valence-electron chi connectivity index (χ2n) is 7.10. The van der Waals surface area contributed by atoms with Gasteiger partial charge in [0.05, 0.1) is 18.2 Å². The molecule has 0 bridgehead atoms. The van der Waals surface area contributed by atoms with Crippen molar-refractivity contribution in [2.75, 3.05) is 17.7 Å². The van der Waals surface area contributed by atoms with Crippen LogP contribution >= 0.6 is 0 Å². The number of aryl methyl sites for hydroxylation is 1. The molecule has 0 unspecified atom stereocenters. The van der Waals surface area contributed by atoms with Gasteiger partial charge in [0.2, 0.25) is 5.95 Å². The van der Waals surface area contributed by atoms with Crippen molar-refractivity contribution in [2.45, 2.75) is 13.1 Å². The van der Waals surface area contributed by atoms with E-state index < -0.39 is 27.9 Å². The number of alkyl halides is 3. The van der Waals surface area contributed by atoms with Crippen LogP contribution in [0.15, 0.2) is 51.8 Å². The maximum absolute atomic E-state index is 13.1. The summed E-state index contributed by atoms with van der Waals surface area (Å²) in [5.74, 6) is 0.00691. The zero-order valence-corrected chi connectivity index (χ0v) is 19.2. The summed E-state index contributed by atoms with van der Waals surface area (Å²) in [6, 6.07) is 8.26. The van der Waals surface area contributed by atoms with E-state index in [1.54, 1.807) is 25.1 Å². The van der Waals surface area contributed by atoms with Gasteiger partial charge in [-0.05, 0) is 37.3 Å². The van der Waals surface area contributed by atoms with Crippen LogP contribution in [0.5, 0.6) is 5.75 Å². The molecule has 36 heavy (non-hydrogen) atoms. The fraction of sp³-hybridized carbons (Fsp3) is 0.150. The van der Waals surface area contributed by atoms with Crippen molar-refractivity contribution in [3.8, 4) is 5.75 Å². The molecule has 16 heteroatoms. The van der Waals surface area contributed by atoms with E-state index in [-0.39, 0.29) is 17.4 Å². The Morgan fingerprint density at radius 1 is 1.08 bits per heavy atom. The first-order valence-corrected chi connectivity index (χ1v) is 11.1. The first-order chi connectivity index (χ1) is 16.7. The molecule has 5 N–H and O–H groups in total. The fourth-order valence-corrected chi connectivity index (χ4v) is 2.88. The van der Waals surface area contributed by atoms with Crippen molar-refractivity contribution in [3.05, 3.63) is 64.3 Å². The van der Waals surface area contributed by atoms with E-state index in [0.29, 0.717) is 28.2 Å². The number of hydrogen-bond acceptors (Lipinski definition) is 9. The van der Waals surface area contributed by atoms with E-state index in [1.807, 2.05) is 0 Å². The topological polar surface area (TPSA) is 180 Å². The Balaban J connectivity index is 0.000000658. The number of aromatic nitrogens is 3. The van der Waals surface area contributed by atoms with Gasteiger partial charge in [0.1, 0.15) is 11.6 Å². The van der Waals surface area contributed by atoms with Crippen molar-refractivity contribution < 1.29 is 39.8 Å². The van der Waals surface area contributed by atoms with Gasteiger partial charge in [-0.1, -0.05) is 0 Å². The van der Waals surface area contributed by atoms with Crippen LogP contribution in [0.3, 0.4) is 0 Å². The van der Waals surface area contributed by atoms with E-state index in [0.717, 1.165) is 12.1 Å². The molecule has 12 nitrogen and oxygen atoms in total. The zero-order chi connectivity index (χ0) is 26.7. The summed E-state index contributed by atoms with van der Waals surface area (Å²) >= 11 is 0. The number of nitrogens with one attached hydrogen (secondary N) is 3. The Hall–Kier alpha value is -4.15. The first-order valence-electron chi connectivity index (χ1n) is 9.68. The number of benzene rings is 2. The largest absolute Gasteiger partial charge is 0.497 e. The summed E-state index contributed by atoms with van der Waals surface area (Å²) in [7, 11) is -3.38. The molecule has 4 rings (SSSR count). The standard InChI is InChI=1S/C20H16F3N5O3.H2O4S/c1-10-9-24-18(26-13-5-11(20(21,22)23)6-14(7-13)30-2)28-17(10)25-12-3-4-16-15(8-12)27-19(29)31-16;1-5(2,3)4/h3-9H,1-2H3,(H,27,29)(H2,24,25,26,28);(H2,1,2,3,4). The molecule has 0 aliphatic heterocycles. The molecule has 0 amide bonds. The SMILES string of the molecule is COc1cc(Nc2ncc(C)c(Nc3ccc4oc(=O)[nH]c4c3)n2)cc(C(F)(F)F)c1.O=S(=O)(O)O. The molecule has 0 fully saturated rings. The highest BCUT2D eigenvalue weighted by atomic mass is 32.3. The third-order valence-corrected chi connectivity index (χ3v) is 4.38. The molecule has 0 saturated heterocycles. The minimum Gasteiger partial charge on any atom is -0.497 e. The summed E-state index contributed by atoms with van der Waals surface area (Å²) in [6.45, 7) is 1.78. The monoisotopic (exact) mass is 529 g/mol. The maximum atomic E-state index is 13.1. The zero-order valence-electron chi connectivity index (χ0n) is 18.4. The molecule has 0 radical (unpaired) electrons. The second kappa shape index (κ2) is 10.2. The summed E-state index contributed by atoms with van der Waals surface area (Å²) < 4.78 is 80.9. The van der Waals surface area contributed by atoms with Gasteiger partial charge in [-0.15, -0.1) is 0 Å². The Kier molecular flexibility index (Phi) is 7.51. The molecule has 2 aromatic carbocycles. The molecule has 4 aromatic rings. The minimum atomic E-state index is -4.67. The van der Waals surface area contributed by atoms with Gasteiger partial charge in [0.25, 0.3) is 0 Å². The highest BCUT2D eigenvalue weighted by Crippen LogP contribution is 2.34. The minimum absolute atomic E-state index is 0.0465. The van der Waals surface area contributed by atoms with Crippen molar-refractivity contribution in [3.63, 3.8) is 0 Å². The molecule has 192 valence electrons. The normalized spacial score (nSPS) is 11.5. The maximum Gasteiger partial charge on any atom is 0.417 e. The number of ether oxygens (including phenoxy) is 1. The lowest BCUT2D eigenvalue weighted by Gasteiger charge is -2.14. The number of methoxy groups -OCH3 is 1. The molecular weight excluding hydrogens is 511 g/mol. The van der Waals surface area contributed by atoms with Gasteiger partial charge in [0.15, 0.2) is 5.58 Å². The molecule has 0 aliphatic rings. The van der Waals surface area contributed by atoms with Crippen LogP contribution in [0.25, 0.3) is 11.1 Å². The highest BCUT2D eigenvalue weighted by Gasteiger charge is 2.31. The van der Waals surface area contributed by atoms with Crippen molar-refractivity contribution >= 4 is 44.6 Å². The van der Waals surface area contributed by atoms with E-state index >= 15 is 0 Å². The third kappa shape index (κ3) is 7.42. The summed E-state index contributed by atoms with van der Waals surface area (Å²) in [4.78, 5) is 22.3. The fourth-order valence-electron chi connectivity index (χ4n) is 2.88. The second-order valence-corrected chi connectivity index (χ2v) is 7.99. The summed E-state index contributed by atoms with van der Waals surface area (Å²) in [5.41, 5.74) is 1.51. The highest BCUT2D eigenvalue weighted by molar-refractivity contribution is 7.79. The van der Waals surface area contributed by atoms with Gasteiger partial charge < -0.3 is 19.8 Å². The predicted octanol–water partition coefficient (Wildman–Crippen LogP) is 4.08. The van der Waals surface area contributed by atoms with Crippen LogP contribution in [0.1, 0.15) is 11.1 Å². The van der Waals surface area contributed by atoms with Crippen molar-refractivity contribution in [1.82, 2.24) is 15.0 Å². The molecule has 2 heterocycles. The van der Waals surface area contributed by atoms with E-state index in [2.05, 4.69) is 25.6 Å². The number of halogens is 3. The van der Waals surface area contributed by atoms with Gasteiger partial charge in [-0.25, -0.2) is 9.78 Å². The average molecular weight is 529 g/mol. The molecule has 0 atom stereocenters. The first kappa shape index (κ1) is 26.5. The van der Waals surface area contributed by atoms with Crippen LogP contribution in [-0.4, -0.2) is 39.6 Å². The van der Waals surface area contributed by atoms with Gasteiger partial charge >= 0.3 is 22.3 Å². The number of rotatable bonds is 5. The molecule has 2 aromatic heterocycles. The van der Waals surface area contributed by atoms with E-state index in [4.69, 9.17) is 26.7 Å². The number of aromatic amines is 1. The van der Waals surface area contributed by atoms with Crippen LogP contribution < -0.4 is 21.1 Å². The smallest absolute Gasteiger partial charge is 0.417 e. The summed E-state index contributed by atoms with van der Waals surface area (Å²) in [5, 5.41) is 5.87. The van der Waals surface area contributed by atoms with Crippen LogP contribution in [-0.2, 0) is 16.6 Å². The van der Waals surface area contributed by atoms with Crippen LogP contribution in [0.2, 0.25) is 0 Å². The lowest BCUT2D eigenvalue weighted by atomic mass is 10.2. The van der Waals surface area contributed by atoms with Crippen LogP contribution in [0, 0.1) is 6.92 Å². The number of H-pyrrole nitrogens is 1. The lowest BCUT2D eigenvalue weighted by molar-refractivity contribution is -0.137. The predicted molar refractivity (Wildman–Crippen MR) is 122 cm³/mol. The number of nitrogens with zero attached hydrogens (tertiary/aromatic N) is 2. The van der Waals surface area contributed by atoms with Gasteiger partial charge in [-0.2, -0.15) is 26.6 Å². The number of hydrogen-bond donors (Lipinski definition) is 5. The average Bonchev–Trinajstić information content (AvgIpc) is 3.13. The van der Waals surface area contributed by atoms with E-state index in [9.17, 15) is 18.0 Å². The third-order valence-electron chi connectivity index (χ3n) is 4.38.